The molecular weight excluding hydrogens is 355 g/mol. The van der Waals surface area contributed by atoms with Gasteiger partial charge in [-0.25, -0.2) is 4.79 Å². The van der Waals surface area contributed by atoms with E-state index in [-0.39, 0.29) is 12.3 Å². The minimum atomic E-state index is -4.85. The van der Waals surface area contributed by atoms with Gasteiger partial charge in [-0.05, 0) is 17.7 Å². The number of urea groups is 1. The van der Waals surface area contributed by atoms with Crippen molar-refractivity contribution in [1.29, 1.82) is 0 Å². The Hall–Kier alpha value is -2.59. The van der Waals surface area contributed by atoms with Crippen molar-refractivity contribution in [3.8, 4) is 5.75 Å². The Kier molecular flexibility index (Phi) is 6.95. The summed E-state index contributed by atoms with van der Waals surface area (Å²) in [5, 5.41) is 10.3. The Labute approximate surface area is 139 Å². The van der Waals surface area contributed by atoms with E-state index in [4.69, 9.17) is 5.11 Å². The summed E-state index contributed by atoms with van der Waals surface area (Å²) in [6.07, 6.45) is -5.28. The first kappa shape index (κ1) is 20.5. The molecule has 1 unspecified atom stereocenters. The second kappa shape index (κ2) is 8.49. The van der Waals surface area contributed by atoms with Crippen LogP contribution in [0.5, 0.6) is 5.75 Å². The number of aliphatic carboxylic acids is 1. The van der Waals surface area contributed by atoms with Gasteiger partial charge >= 0.3 is 24.8 Å². The molecule has 6 nitrogen and oxygen atoms in total. The lowest BCUT2D eigenvalue weighted by atomic mass is 10.1. The van der Waals surface area contributed by atoms with Crippen LogP contribution in [0.3, 0.4) is 0 Å². The van der Waals surface area contributed by atoms with Crippen LogP contribution in [-0.2, 0) is 4.79 Å². The van der Waals surface area contributed by atoms with E-state index in [0.717, 1.165) is 36.2 Å². The van der Waals surface area contributed by atoms with Crippen molar-refractivity contribution in [3.63, 3.8) is 0 Å². The first-order valence-corrected chi connectivity index (χ1v) is 6.85. The van der Waals surface area contributed by atoms with Crippen molar-refractivity contribution in [1.82, 2.24) is 10.2 Å². The molecule has 140 valence electrons. The van der Waals surface area contributed by atoms with E-state index in [0.29, 0.717) is 0 Å². The first-order chi connectivity index (χ1) is 11.5. The SMILES string of the molecule is CN(CCC(=O)O)C(=O)NC(c1ccc(OC(F)F)cc1)C(F)(F)F. The molecule has 11 heteroatoms. The lowest BCUT2D eigenvalue weighted by molar-refractivity contribution is -0.155. The third kappa shape index (κ3) is 6.81. The molecule has 0 saturated heterocycles. The zero-order valence-corrected chi connectivity index (χ0v) is 12.9. The molecule has 0 aliphatic heterocycles. The average Bonchev–Trinajstić information content (AvgIpc) is 2.49. The fourth-order valence-electron chi connectivity index (χ4n) is 1.79. The molecule has 1 aromatic carbocycles. The summed E-state index contributed by atoms with van der Waals surface area (Å²) < 4.78 is 67.7. The molecule has 0 spiro atoms. The number of halogens is 5. The van der Waals surface area contributed by atoms with Crippen molar-refractivity contribution in [2.45, 2.75) is 25.3 Å². The van der Waals surface area contributed by atoms with Gasteiger partial charge in [-0.15, -0.1) is 0 Å². The predicted octanol–water partition coefficient (Wildman–Crippen LogP) is 3.01. The highest BCUT2D eigenvalue weighted by molar-refractivity contribution is 5.75. The van der Waals surface area contributed by atoms with Gasteiger partial charge in [0.05, 0.1) is 6.42 Å². The van der Waals surface area contributed by atoms with Crippen LogP contribution in [0.1, 0.15) is 18.0 Å². The number of rotatable bonds is 7. The summed E-state index contributed by atoms with van der Waals surface area (Å²) in [4.78, 5) is 23.0. The van der Waals surface area contributed by atoms with Crippen molar-refractivity contribution >= 4 is 12.0 Å². The zero-order valence-electron chi connectivity index (χ0n) is 12.9. The summed E-state index contributed by atoms with van der Waals surface area (Å²) >= 11 is 0. The predicted molar refractivity (Wildman–Crippen MR) is 75.3 cm³/mol. The number of nitrogens with one attached hydrogen (secondary N) is 1. The Morgan fingerprint density at radius 3 is 2.24 bits per heavy atom. The van der Waals surface area contributed by atoms with Crippen LogP contribution in [0.4, 0.5) is 26.7 Å². The fraction of sp³-hybridized carbons (Fsp3) is 0.429. The van der Waals surface area contributed by atoms with Crippen molar-refractivity contribution in [3.05, 3.63) is 29.8 Å². The molecule has 2 N–H and O–H groups in total. The number of carboxylic acid groups (broad SMARTS) is 1. The Bertz CT molecular complexity index is 592. The largest absolute Gasteiger partial charge is 0.481 e. The third-order valence-electron chi connectivity index (χ3n) is 3.04. The summed E-state index contributed by atoms with van der Waals surface area (Å²) in [6.45, 7) is -3.40. The van der Waals surface area contributed by atoms with Crippen LogP contribution in [0, 0.1) is 0 Å². The molecule has 1 atom stereocenters. The maximum atomic E-state index is 13.2. The number of carbonyl (C=O) groups excluding carboxylic acids is 1. The molecule has 0 radical (unpaired) electrons. The molecule has 0 aromatic heterocycles. The van der Waals surface area contributed by atoms with E-state index in [2.05, 4.69) is 4.74 Å². The van der Waals surface area contributed by atoms with Crippen molar-refractivity contribution < 1.29 is 41.4 Å². The minimum Gasteiger partial charge on any atom is -0.481 e. The van der Waals surface area contributed by atoms with E-state index in [1.807, 2.05) is 0 Å². The summed E-state index contributed by atoms with van der Waals surface area (Å²) in [6, 6.07) is 0.103. The van der Waals surface area contributed by atoms with Gasteiger partial charge in [0.15, 0.2) is 6.04 Å². The Balaban J connectivity index is 2.88. The third-order valence-corrected chi connectivity index (χ3v) is 3.04. The topological polar surface area (TPSA) is 78.9 Å². The molecule has 0 aliphatic carbocycles. The van der Waals surface area contributed by atoms with E-state index >= 15 is 0 Å². The summed E-state index contributed by atoms with van der Waals surface area (Å²) in [5.41, 5.74) is -0.394. The lowest BCUT2D eigenvalue weighted by Gasteiger charge is -2.25. The van der Waals surface area contributed by atoms with Gasteiger partial charge in [0.1, 0.15) is 5.75 Å². The van der Waals surface area contributed by atoms with E-state index in [9.17, 15) is 31.5 Å². The van der Waals surface area contributed by atoms with Gasteiger partial charge in [0.2, 0.25) is 0 Å². The molecule has 25 heavy (non-hydrogen) atoms. The Morgan fingerprint density at radius 2 is 1.80 bits per heavy atom. The van der Waals surface area contributed by atoms with Gasteiger partial charge in [-0.2, -0.15) is 22.0 Å². The van der Waals surface area contributed by atoms with Crippen LogP contribution < -0.4 is 10.1 Å². The van der Waals surface area contributed by atoms with Crippen LogP contribution in [0.25, 0.3) is 0 Å². The number of ether oxygens (including phenoxy) is 1. The molecule has 0 aliphatic rings. The van der Waals surface area contributed by atoms with E-state index in [1.165, 1.54) is 0 Å². The molecule has 2 amide bonds. The molecular formula is C14H15F5N2O4. The van der Waals surface area contributed by atoms with E-state index < -0.39 is 42.8 Å². The molecule has 0 heterocycles. The zero-order chi connectivity index (χ0) is 19.2. The highest BCUT2D eigenvalue weighted by Gasteiger charge is 2.42. The molecule has 0 fully saturated rings. The normalized spacial score (nSPS) is 12.6. The molecule has 0 bridgehead atoms. The van der Waals surface area contributed by atoms with Crippen LogP contribution >= 0.6 is 0 Å². The number of benzene rings is 1. The number of alkyl halides is 5. The van der Waals surface area contributed by atoms with Gasteiger partial charge in [0, 0.05) is 13.6 Å². The standard InChI is InChI=1S/C14H15F5N2O4/c1-21(7-6-10(22)23)13(24)20-11(14(17,18)19)8-2-4-9(5-3-8)25-12(15)16/h2-5,11-12H,6-7H2,1H3,(H,20,24)(H,22,23). The summed E-state index contributed by atoms with van der Waals surface area (Å²) in [7, 11) is 1.14. The number of amides is 2. The first-order valence-electron chi connectivity index (χ1n) is 6.85. The fourth-order valence-corrected chi connectivity index (χ4v) is 1.79. The quantitative estimate of drug-likeness (QED) is 0.724. The van der Waals surface area contributed by atoms with E-state index in [1.54, 1.807) is 5.32 Å². The number of nitrogens with zero attached hydrogens (tertiary/aromatic N) is 1. The monoisotopic (exact) mass is 370 g/mol. The summed E-state index contributed by atoms with van der Waals surface area (Å²) in [5.74, 6) is -1.54. The minimum absolute atomic E-state index is 0.285. The van der Waals surface area contributed by atoms with Crippen molar-refractivity contribution in [2.75, 3.05) is 13.6 Å². The number of hydrogen-bond acceptors (Lipinski definition) is 3. The maximum absolute atomic E-state index is 13.2. The molecule has 1 rings (SSSR count). The number of carboxylic acids is 1. The smallest absolute Gasteiger partial charge is 0.412 e. The van der Waals surface area contributed by atoms with Crippen LogP contribution in [0.2, 0.25) is 0 Å². The van der Waals surface area contributed by atoms with Gasteiger partial charge in [-0.3, -0.25) is 4.79 Å². The van der Waals surface area contributed by atoms with Gasteiger partial charge in [0.25, 0.3) is 0 Å². The van der Waals surface area contributed by atoms with Crippen LogP contribution in [-0.4, -0.2) is 48.4 Å². The second-order valence-electron chi connectivity index (χ2n) is 4.94. The van der Waals surface area contributed by atoms with Gasteiger partial charge in [-0.1, -0.05) is 12.1 Å². The lowest BCUT2D eigenvalue weighted by Crippen LogP contribution is -2.44. The second-order valence-corrected chi connectivity index (χ2v) is 4.94. The highest BCUT2D eigenvalue weighted by Crippen LogP contribution is 2.33. The number of carbonyl (C=O) groups is 2. The molecule has 1 aromatic rings. The van der Waals surface area contributed by atoms with Crippen LogP contribution in [0.15, 0.2) is 24.3 Å². The number of hydrogen-bond donors (Lipinski definition) is 2. The maximum Gasteiger partial charge on any atom is 0.412 e. The van der Waals surface area contributed by atoms with Crippen molar-refractivity contribution in [2.24, 2.45) is 0 Å². The highest BCUT2D eigenvalue weighted by atomic mass is 19.4. The van der Waals surface area contributed by atoms with Gasteiger partial charge < -0.3 is 20.1 Å². The molecule has 0 saturated carbocycles. The average molecular weight is 370 g/mol. The Morgan fingerprint density at radius 1 is 1.24 bits per heavy atom.